The van der Waals surface area contributed by atoms with Crippen molar-refractivity contribution in [1.29, 1.82) is 0 Å². The molecule has 0 radical (unpaired) electrons. The molecule has 0 N–H and O–H groups in total. The van der Waals surface area contributed by atoms with Gasteiger partial charge in [0.15, 0.2) is 0 Å². The van der Waals surface area contributed by atoms with Crippen molar-refractivity contribution in [1.82, 2.24) is 4.90 Å². The summed E-state index contributed by atoms with van der Waals surface area (Å²) in [6.45, 7) is 7.34. The van der Waals surface area contributed by atoms with Crippen molar-refractivity contribution in [2.75, 3.05) is 6.54 Å². The van der Waals surface area contributed by atoms with Crippen LogP contribution >= 0.6 is 0 Å². The zero-order valence-corrected chi connectivity index (χ0v) is 11.7. The third-order valence-corrected chi connectivity index (χ3v) is 5.33. The van der Waals surface area contributed by atoms with Crippen LogP contribution in [0.1, 0.15) is 45.1 Å². The minimum Gasteiger partial charge on any atom is -0.293 e. The molecule has 1 heteroatoms. The van der Waals surface area contributed by atoms with E-state index in [0.29, 0.717) is 5.54 Å². The van der Waals surface area contributed by atoms with Crippen LogP contribution in [-0.4, -0.2) is 17.0 Å². The van der Waals surface area contributed by atoms with Gasteiger partial charge in [-0.2, -0.15) is 0 Å². The Morgan fingerprint density at radius 3 is 2.44 bits per heavy atom. The summed E-state index contributed by atoms with van der Waals surface area (Å²) in [5, 5.41) is 0. The second kappa shape index (κ2) is 4.70. The maximum absolute atomic E-state index is 2.78. The Balaban J connectivity index is 1.76. The van der Waals surface area contributed by atoms with Crippen LogP contribution in [0.15, 0.2) is 30.3 Å². The first-order valence-electron chi connectivity index (χ1n) is 7.49. The highest BCUT2D eigenvalue weighted by Gasteiger charge is 2.47. The Hall–Kier alpha value is -0.820. The molecule has 0 bridgehead atoms. The lowest BCUT2D eigenvalue weighted by molar-refractivity contribution is 0.129. The minimum absolute atomic E-state index is 0.536. The highest BCUT2D eigenvalue weighted by atomic mass is 15.2. The summed E-state index contributed by atoms with van der Waals surface area (Å²) in [6, 6.07) is 11.0. The van der Waals surface area contributed by atoms with Gasteiger partial charge in [0, 0.05) is 12.1 Å². The number of benzene rings is 1. The molecule has 2 atom stereocenters. The molecule has 0 amide bonds. The third kappa shape index (κ3) is 2.09. The van der Waals surface area contributed by atoms with E-state index in [2.05, 4.69) is 49.1 Å². The predicted octanol–water partition coefficient (Wildman–Crippen LogP) is 4.09. The Labute approximate surface area is 111 Å². The summed E-state index contributed by atoms with van der Waals surface area (Å²) >= 11 is 0. The lowest BCUT2D eigenvalue weighted by Gasteiger charge is -2.35. The van der Waals surface area contributed by atoms with Gasteiger partial charge in [0.05, 0.1) is 0 Å². The van der Waals surface area contributed by atoms with Crippen molar-refractivity contribution in [3.8, 4) is 0 Å². The Bertz CT molecular complexity index is 387. The van der Waals surface area contributed by atoms with Crippen LogP contribution in [0, 0.1) is 11.8 Å². The molecular weight excluding hydrogens is 218 g/mol. The monoisotopic (exact) mass is 243 g/mol. The van der Waals surface area contributed by atoms with E-state index in [1.165, 1.54) is 37.8 Å². The second-order valence-corrected chi connectivity index (χ2v) is 6.60. The van der Waals surface area contributed by atoms with Crippen LogP contribution in [0.4, 0.5) is 0 Å². The lowest BCUT2D eigenvalue weighted by Crippen LogP contribution is -2.41. The van der Waals surface area contributed by atoms with Crippen LogP contribution < -0.4 is 0 Å². The molecule has 1 saturated heterocycles. The van der Waals surface area contributed by atoms with Crippen molar-refractivity contribution < 1.29 is 0 Å². The average Bonchev–Trinajstić information content (AvgIpc) is 2.86. The van der Waals surface area contributed by atoms with Gasteiger partial charge < -0.3 is 0 Å². The predicted molar refractivity (Wildman–Crippen MR) is 76.4 cm³/mol. The average molecular weight is 243 g/mol. The van der Waals surface area contributed by atoms with Gasteiger partial charge in [0.1, 0.15) is 0 Å². The second-order valence-electron chi connectivity index (χ2n) is 6.60. The molecule has 3 rings (SSSR count). The van der Waals surface area contributed by atoms with E-state index >= 15 is 0 Å². The largest absolute Gasteiger partial charge is 0.293 e. The smallest absolute Gasteiger partial charge is 0.0239 e. The first-order valence-corrected chi connectivity index (χ1v) is 7.49. The molecule has 1 nitrogen and oxygen atoms in total. The van der Waals surface area contributed by atoms with Gasteiger partial charge in [-0.1, -0.05) is 44.2 Å². The maximum atomic E-state index is 2.78. The zero-order valence-electron chi connectivity index (χ0n) is 11.7. The minimum atomic E-state index is 0.536. The van der Waals surface area contributed by atoms with Crippen molar-refractivity contribution in [2.24, 2.45) is 11.8 Å². The maximum Gasteiger partial charge on any atom is 0.0239 e. The fourth-order valence-corrected chi connectivity index (χ4v) is 4.19. The van der Waals surface area contributed by atoms with Crippen LogP contribution in [0.5, 0.6) is 0 Å². The standard InChI is InChI=1S/C17H25N/c1-14-11-17(12-15(14)2)9-6-10-18(17)13-16-7-4-3-5-8-16/h3-5,7-8,14-15H,6,9-13H2,1-2H3. The van der Waals surface area contributed by atoms with Crippen LogP contribution in [-0.2, 0) is 6.54 Å². The molecule has 1 aromatic carbocycles. The zero-order chi connectivity index (χ0) is 12.6. The normalized spacial score (nSPS) is 36.6. The summed E-state index contributed by atoms with van der Waals surface area (Å²) in [5.74, 6) is 1.81. The SMILES string of the molecule is CC1CC2(CCCN2Cc2ccccc2)CC1C. The van der Waals surface area contributed by atoms with Gasteiger partial charge in [-0.3, -0.25) is 4.90 Å². The van der Waals surface area contributed by atoms with E-state index in [-0.39, 0.29) is 0 Å². The molecular formula is C17H25N. The number of rotatable bonds is 2. The van der Waals surface area contributed by atoms with E-state index in [1.807, 2.05) is 0 Å². The summed E-state index contributed by atoms with van der Waals surface area (Å²) in [4.78, 5) is 2.78. The van der Waals surface area contributed by atoms with E-state index in [9.17, 15) is 0 Å². The van der Waals surface area contributed by atoms with Gasteiger partial charge in [-0.15, -0.1) is 0 Å². The van der Waals surface area contributed by atoms with Crippen molar-refractivity contribution in [3.63, 3.8) is 0 Å². The van der Waals surface area contributed by atoms with E-state index < -0.39 is 0 Å². The topological polar surface area (TPSA) is 3.24 Å². The molecule has 2 unspecified atom stereocenters. The number of hydrogen-bond donors (Lipinski definition) is 0. The van der Waals surface area contributed by atoms with Crippen LogP contribution in [0.2, 0.25) is 0 Å². The third-order valence-electron chi connectivity index (χ3n) is 5.33. The Morgan fingerprint density at radius 1 is 1.11 bits per heavy atom. The molecule has 0 aromatic heterocycles. The van der Waals surface area contributed by atoms with Crippen molar-refractivity contribution >= 4 is 0 Å². The van der Waals surface area contributed by atoms with Gasteiger partial charge in [0.25, 0.3) is 0 Å². The van der Waals surface area contributed by atoms with E-state index in [0.717, 1.165) is 18.4 Å². The highest BCUT2D eigenvalue weighted by Crippen LogP contribution is 2.48. The van der Waals surface area contributed by atoms with Crippen molar-refractivity contribution in [3.05, 3.63) is 35.9 Å². The summed E-state index contributed by atoms with van der Waals surface area (Å²) < 4.78 is 0. The van der Waals surface area contributed by atoms with Gasteiger partial charge in [-0.25, -0.2) is 0 Å². The first kappa shape index (κ1) is 12.2. The molecule has 98 valence electrons. The van der Waals surface area contributed by atoms with E-state index in [4.69, 9.17) is 0 Å². The molecule has 2 aliphatic rings. The highest BCUT2D eigenvalue weighted by molar-refractivity contribution is 5.16. The molecule has 1 aromatic rings. The lowest BCUT2D eigenvalue weighted by atomic mass is 9.92. The molecule has 1 aliphatic heterocycles. The molecule has 1 aliphatic carbocycles. The number of nitrogens with zero attached hydrogens (tertiary/aromatic N) is 1. The van der Waals surface area contributed by atoms with Gasteiger partial charge in [0.2, 0.25) is 0 Å². The van der Waals surface area contributed by atoms with Gasteiger partial charge >= 0.3 is 0 Å². The summed E-state index contributed by atoms with van der Waals surface area (Å²) in [7, 11) is 0. The van der Waals surface area contributed by atoms with E-state index in [1.54, 1.807) is 0 Å². The molecule has 1 saturated carbocycles. The number of hydrogen-bond acceptors (Lipinski definition) is 1. The van der Waals surface area contributed by atoms with Crippen molar-refractivity contribution in [2.45, 2.75) is 51.6 Å². The van der Waals surface area contributed by atoms with Crippen LogP contribution in [0.3, 0.4) is 0 Å². The molecule has 1 heterocycles. The quantitative estimate of drug-likeness (QED) is 0.756. The van der Waals surface area contributed by atoms with Crippen LogP contribution in [0.25, 0.3) is 0 Å². The van der Waals surface area contributed by atoms with Gasteiger partial charge in [-0.05, 0) is 49.6 Å². The molecule has 2 fully saturated rings. The molecule has 1 spiro atoms. The fraction of sp³-hybridized carbons (Fsp3) is 0.647. The number of likely N-dealkylation sites (tertiary alicyclic amines) is 1. The first-order chi connectivity index (χ1) is 8.70. The Kier molecular flexibility index (Phi) is 3.19. The fourth-order valence-electron chi connectivity index (χ4n) is 4.19. The Morgan fingerprint density at radius 2 is 1.78 bits per heavy atom. The summed E-state index contributed by atoms with van der Waals surface area (Å²) in [6.07, 6.45) is 5.66. The summed E-state index contributed by atoms with van der Waals surface area (Å²) in [5.41, 5.74) is 2.01. The molecule has 18 heavy (non-hydrogen) atoms.